The van der Waals surface area contributed by atoms with Crippen molar-refractivity contribution in [3.05, 3.63) is 0 Å². The SMILES string of the molecule is CC(C(=O)N1CCC(CN2CCCC2)CC1)C1CNC1.Cl.Cl. The fourth-order valence-electron chi connectivity index (χ4n) is 3.82. The quantitative estimate of drug-likeness (QED) is 0.841. The highest BCUT2D eigenvalue weighted by Crippen LogP contribution is 2.24. The summed E-state index contributed by atoms with van der Waals surface area (Å²) in [5.41, 5.74) is 0. The third-order valence-electron chi connectivity index (χ3n) is 5.55. The first-order valence-electron chi connectivity index (χ1n) is 8.46. The number of carbonyl (C=O) groups excluding carboxylic acids is 1. The lowest BCUT2D eigenvalue weighted by Gasteiger charge is -2.38. The molecule has 0 aromatic heterocycles. The molecule has 130 valence electrons. The van der Waals surface area contributed by atoms with Crippen molar-refractivity contribution in [2.24, 2.45) is 17.8 Å². The number of likely N-dealkylation sites (tertiary alicyclic amines) is 2. The number of rotatable bonds is 4. The van der Waals surface area contributed by atoms with E-state index >= 15 is 0 Å². The van der Waals surface area contributed by atoms with Crippen molar-refractivity contribution < 1.29 is 4.79 Å². The van der Waals surface area contributed by atoms with Gasteiger partial charge in [0.1, 0.15) is 0 Å². The molecule has 0 aromatic carbocycles. The Balaban J connectivity index is 0.00000121. The van der Waals surface area contributed by atoms with Crippen LogP contribution in [0.15, 0.2) is 0 Å². The van der Waals surface area contributed by atoms with Crippen molar-refractivity contribution in [2.45, 2.75) is 32.6 Å². The molecule has 1 atom stereocenters. The van der Waals surface area contributed by atoms with Crippen molar-refractivity contribution in [1.82, 2.24) is 15.1 Å². The maximum Gasteiger partial charge on any atom is 0.225 e. The Bertz CT molecular complexity index is 338. The lowest BCUT2D eigenvalue weighted by molar-refractivity contribution is -0.138. The van der Waals surface area contributed by atoms with E-state index < -0.39 is 0 Å². The van der Waals surface area contributed by atoms with E-state index in [9.17, 15) is 4.79 Å². The van der Waals surface area contributed by atoms with E-state index in [1.165, 1.54) is 45.3 Å². The molecule has 6 heteroatoms. The standard InChI is InChI=1S/C16H29N3O.2ClH/c1-13(15-10-17-11-15)16(20)19-8-4-14(5-9-19)12-18-6-2-3-7-18;;/h13-15,17H,2-12H2,1H3;2*1H. The number of nitrogens with zero attached hydrogens (tertiary/aromatic N) is 2. The van der Waals surface area contributed by atoms with E-state index in [1.54, 1.807) is 0 Å². The highest BCUT2D eigenvalue weighted by Gasteiger charge is 2.33. The second kappa shape index (κ2) is 9.31. The maximum atomic E-state index is 12.5. The van der Waals surface area contributed by atoms with Gasteiger partial charge >= 0.3 is 0 Å². The van der Waals surface area contributed by atoms with Crippen LogP contribution in [0, 0.1) is 17.8 Å². The monoisotopic (exact) mass is 351 g/mol. The van der Waals surface area contributed by atoms with Gasteiger partial charge in [-0.15, -0.1) is 24.8 Å². The topological polar surface area (TPSA) is 35.6 Å². The van der Waals surface area contributed by atoms with E-state index in [0.29, 0.717) is 11.8 Å². The number of amides is 1. The average molecular weight is 352 g/mol. The van der Waals surface area contributed by atoms with Crippen LogP contribution in [0.25, 0.3) is 0 Å². The number of halogens is 2. The molecule has 0 aliphatic carbocycles. The Morgan fingerprint density at radius 3 is 2.18 bits per heavy atom. The van der Waals surface area contributed by atoms with Crippen LogP contribution < -0.4 is 5.32 Å². The van der Waals surface area contributed by atoms with Gasteiger partial charge in [0, 0.05) is 25.6 Å². The van der Waals surface area contributed by atoms with Crippen LogP contribution in [0.4, 0.5) is 0 Å². The zero-order valence-corrected chi connectivity index (χ0v) is 15.3. The summed E-state index contributed by atoms with van der Waals surface area (Å²) in [5, 5.41) is 3.27. The number of carbonyl (C=O) groups is 1. The Labute approximate surface area is 147 Å². The van der Waals surface area contributed by atoms with Crippen molar-refractivity contribution in [2.75, 3.05) is 45.8 Å². The Morgan fingerprint density at radius 1 is 1.09 bits per heavy atom. The van der Waals surface area contributed by atoms with Crippen LogP contribution in [-0.2, 0) is 4.79 Å². The molecule has 3 aliphatic heterocycles. The van der Waals surface area contributed by atoms with Gasteiger partial charge < -0.3 is 15.1 Å². The summed E-state index contributed by atoms with van der Waals surface area (Å²) in [4.78, 5) is 17.2. The molecule has 1 amide bonds. The zero-order chi connectivity index (χ0) is 13.9. The second-order valence-electron chi connectivity index (χ2n) is 6.98. The third kappa shape index (κ3) is 4.73. The van der Waals surface area contributed by atoms with Crippen molar-refractivity contribution >= 4 is 30.7 Å². The van der Waals surface area contributed by atoms with Gasteiger partial charge in [-0.25, -0.2) is 0 Å². The van der Waals surface area contributed by atoms with Crippen LogP contribution in [0.2, 0.25) is 0 Å². The fraction of sp³-hybridized carbons (Fsp3) is 0.938. The Hall–Kier alpha value is -0.0300. The number of piperidine rings is 1. The lowest BCUT2D eigenvalue weighted by Crippen LogP contribution is -2.51. The molecule has 3 rings (SSSR count). The molecular formula is C16H31Cl2N3O. The normalized spacial score (nSPS) is 25.0. The van der Waals surface area contributed by atoms with Gasteiger partial charge in [0.25, 0.3) is 0 Å². The smallest absolute Gasteiger partial charge is 0.225 e. The first kappa shape index (κ1) is 20.0. The molecule has 4 nitrogen and oxygen atoms in total. The lowest BCUT2D eigenvalue weighted by atomic mass is 9.87. The molecule has 0 spiro atoms. The minimum atomic E-state index is 0. The van der Waals surface area contributed by atoms with Crippen LogP contribution in [0.5, 0.6) is 0 Å². The van der Waals surface area contributed by atoms with E-state index in [2.05, 4.69) is 22.0 Å². The largest absolute Gasteiger partial charge is 0.342 e. The summed E-state index contributed by atoms with van der Waals surface area (Å²) < 4.78 is 0. The van der Waals surface area contributed by atoms with E-state index in [-0.39, 0.29) is 30.7 Å². The van der Waals surface area contributed by atoms with Gasteiger partial charge in [0.05, 0.1) is 0 Å². The Morgan fingerprint density at radius 2 is 1.68 bits per heavy atom. The molecule has 1 unspecified atom stereocenters. The molecule has 3 aliphatic rings. The second-order valence-corrected chi connectivity index (χ2v) is 6.98. The molecule has 0 bridgehead atoms. The van der Waals surface area contributed by atoms with Crippen molar-refractivity contribution in [3.8, 4) is 0 Å². The van der Waals surface area contributed by atoms with Gasteiger partial charge in [0.15, 0.2) is 0 Å². The van der Waals surface area contributed by atoms with Gasteiger partial charge in [-0.2, -0.15) is 0 Å². The number of hydrogen-bond acceptors (Lipinski definition) is 3. The van der Waals surface area contributed by atoms with Gasteiger partial charge in [-0.3, -0.25) is 4.79 Å². The predicted octanol–water partition coefficient (Wildman–Crippen LogP) is 2.02. The summed E-state index contributed by atoms with van der Waals surface area (Å²) in [6.07, 6.45) is 5.17. The van der Waals surface area contributed by atoms with Gasteiger partial charge in [0.2, 0.25) is 5.91 Å². The molecule has 0 saturated carbocycles. The fourth-order valence-corrected chi connectivity index (χ4v) is 3.82. The molecule has 22 heavy (non-hydrogen) atoms. The molecule has 3 heterocycles. The summed E-state index contributed by atoms with van der Waals surface area (Å²) >= 11 is 0. The summed E-state index contributed by atoms with van der Waals surface area (Å²) in [5.74, 6) is 2.00. The summed E-state index contributed by atoms with van der Waals surface area (Å²) in [7, 11) is 0. The minimum Gasteiger partial charge on any atom is -0.342 e. The summed E-state index contributed by atoms with van der Waals surface area (Å²) in [6, 6.07) is 0. The van der Waals surface area contributed by atoms with Crippen molar-refractivity contribution in [3.63, 3.8) is 0 Å². The minimum absolute atomic E-state index is 0. The third-order valence-corrected chi connectivity index (χ3v) is 5.55. The van der Waals surface area contributed by atoms with Crippen LogP contribution in [-0.4, -0.2) is 61.5 Å². The van der Waals surface area contributed by atoms with E-state index in [0.717, 1.165) is 32.1 Å². The van der Waals surface area contributed by atoms with Gasteiger partial charge in [-0.05, 0) is 63.7 Å². The molecular weight excluding hydrogens is 321 g/mol. The zero-order valence-electron chi connectivity index (χ0n) is 13.6. The number of hydrogen-bond donors (Lipinski definition) is 1. The molecule has 3 fully saturated rings. The molecule has 0 radical (unpaired) electrons. The molecule has 3 saturated heterocycles. The first-order valence-corrected chi connectivity index (χ1v) is 8.46. The highest BCUT2D eigenvalue weighted by molar-refractivity contribution is 5.85. The Kier molecular flexibility index (Phi) is 8.47. The molecule has 0 aromatic rings. The number of nitrogens with one attached hydrogen (secondary N) is 1. The first-order chi connectivity index (χ1) is 9.74. The van der Waals surface area contributed by atoms with Crippen LogP contribution >= 0.6 is 24.8 Å². The van der Waals surface area contributed by atoms with E-state index in [1.807, 2.05) is 0 Å². The average Bonchev–Trinajstić information content (AvgIpc) is 2.89. The van der Waals surface area contributed by atoms with Gasteiger partial charge in [-0.1, -0.05) is 6.92 Å². The predicted molar refractivity (Wildman–Crippen MR) is 95.0 cm³/mol. The van der Waals surface area contributed by atoms with Crippen LogP contribution in [0.3, 0.4) is 0 Å². The highest BCUT2D eigenvalue weighted by atomic mass is 35.5. The molecule has 1 N–H and O–H groups in total. The summed E-state index contributed by atoms with van der Waals surface area (Å²) in [6.45, 7) is 10.0. The van der Waals surface area contributed by atoms with Crippen LogP contribution in [0.1, 0.15) is 32.6 Å². The van der Waals surface area contributed by atoms with Crippen molar-refractivity contribution in [1.29, 1.82) is 0 Å². The maximum absolute atomic E-state index is 12.5. The van der Waals surface area contributed by atoms with E-state index in [4.69, 9.17) is 0 Å².